The first-order valence-electron chi connectivity index (χ1n) is 7.16. The Hall–Kier alpha value is -2.74. The van der Waals surface area contributed by atoms with Gasteiger partial charge in [-0.05, 0) is 37.1 Å². The average molecular weight is 372 g/mol. The molecule has 126 valence electrons. The Morgan fingerprint density at radius 3 is 2.64 bits per heavy atom. The molecule has 1 amide bonds. The number of nitriles is 2. The number of carbonyl (C=O) groups excluding carboxylic acids is 1. The van der Waals surface area contributed by atoms with Crippen LogP contribution in [0.15, 0.2) is 23.2 Å². The second-order valence-electron chi connectivity index (χ2n) is 5.20. The highest BCUT2D eigenvalue weighted by atomic mass is 35.5. The molecule has 0 aliphatic heterocycles. The van der Waals surface area contributed by atoms with Crippen LogP contribution in [0, 0.1) is 36.5 Å². The van der Waals surface area contributed by atoms with E-state index in [0.29, 0.717) is 21.3 Å². The van der Waals surface area contributed by atoms with Crippen molar-refractivity contribution in [2.75, 3.05) is 16.8 Å². The van der Waals surface area contributed by atoms with Crippen LogP contribution in [0.25, 0.3) is 0 Å². The maximum atomic E-state index is 12.2. The van der Waals surface area contributed by atoms with Gasteiger partial charge < -0.3 is 11.1 Å². The molecule has 0 aliphatic carbocycles. The van der Waals surface area contributed by atoms with E-state index in [1.807, 2.05) is 25.1 Å². The van der Waals surface area contributed by atoms with Gasteiger partial charge in [-0.25, -0.2) is 4.98 Å². The minimum atomic E-state index is -0.262. The summed E-state index contributed by atoms with van der Waals surface area (Å²) in [7, 11) is 0. The number of nitrogens with two attached hydrogens (primary N) is 1. The second kappa shape index (κ2) is 7.89. The summed E-state index contributed by atoms with van der Waals surface area (Å²) in [6.07, 6.45) is 0. The molecule has 0 unspecified atom stereocenters. The third-order valence-electron chi connectivity index (χ3n) is 3.48. The number of anilines is 2. The first-order valence-corrected chi connectivity index (χ1v) is 8.52. The Balaban J connectivity index is 2.16. The normalized spacial score (nSPS) is 9.96. The fourth-order valence-corrected chi connectivity index (χ4v) is 3.14. The van der Waals surface area contributed by atoms with Crippen LogP contribution in [0.5, 0.6) is 0 Å². The number of amides is 1. The predicted molar refractivity (Wildman–Crippen MR) is 98.4 cm³/mol. The molecular formula is C17H14ClN5OS. The van der Waals surface area contributed by atoms with Gasteiger partial charge in [-0.2, -0.15) is 10.5 Å². The van der Waals surface area contributed by atoms with Gasteiger partial charge in [-0.1, -0.05) is 29.4 Å². The topological polar surface area (TPSA) is 116 Å². The smallest absolute Gasteiger partial charge is 0.234 e. The first kappa shape index (κ1) is 18.6. The van der Waals surface area contributed by atoms with E-state index in [9.17, 15) is 10.1 Å². The first-order chi connectivity index (χ1) is 11.9. The molecule has 25 heavy (non-hydrogen) atoms. The van der Waals surface area contributed by atoms with Gasteiger partial charge in [0.2, 0.25) is 5.91 Å². The number of aryl methyl sites for hydroxylation is 1. The molecule has 1 aromatic carbocycles. The van der Waals surface area contributed by atoms with Gasteiger partial charge in [0.25, 0.3) is 0 Å². The Labute approximate surface area is 154 Å². The van der Waals surface area contributed by atoms with Crippen molar-refractivity contribution in [1.82, 2.24) is 4.98 Å². The molecule has 0 fully saturated rings. The molecule has 0 saturated carbocycles. The number of benzene rings is 1. The average Bonchev–Trinajstić information content (AvgIpc) is 2.56. The highest BCUT2D eigenvalue weighted by molar-refractivity contribution is 8.00. The number of nitrogen functional groups attached to an aromatic ring is 1. The number of hydrogen-bond donors (Lipinski definition) is 2. The van der Waals surface area contributed by atoms with E-state index < -0.39 is 0 Å². The fourth-order valence-electron chi connectivity index (χ4n) is 2.13. The molecule has 0 radical (unpaired) electrons. The third-order valence-corrected chi connectivity index (χ3v) is 4.69. The molecule has 1 aromatic heterocycles. The van der Waals surface area contributed by atoms with Crippen LogP contribution in [-0.2, 0) is 4.79 Å². The fraction of sp³-hybridized carbons (Fsp3) is 0.176. The van der Waals surface area contributed by atoms with Crippen LogP contribution in [0.3, 0.4) is 0 Å². The Morgan fingerprint density at radius 2 is 2.00 bits per heavy atom. The van der Waals surface area contributed by atoms with E-state index in [0.717, 1.165) is 17.3 Å². The van der Waals surface area contributed by atoms with E-state index in [1.165, 1.54) is 0 Å². The molecule has 0 aliphatic rings. The van der Waals surface area contributed by atoms with Crippen LogP contribution in [0.4, 0.5) is 11.5 Å². The number of rotatable bonds is 4. The molecule has 2 rings (SSSR count). The number of carbonyl (C=O) groups is 1. The van der Waals surface area contributed by atoms with Gasteiger partial charge in [0.05, 0.1) is 16.9 Å². The van der Waals surface area contributed by atoms with Crippen molar-refractivity contribution in [2.45, 2.75) is 18.9 Å². The summed E-state index contributed by atoms with van der Waals surface area (Å²) >= 11 is 7.02. The summed E-state index contributed by atoms with van der Waals surface area (Å²) in [5.41, 5.74) is 8.16. The van der Waals surface area contributed by atoms with E-state index in [4.69, 9.17) is 22.6 Å². The standard InChI is InChI=1S/C17H14ClN5OS/c1-9-3-4-11(18)5-14(9)22-15(24)8-25-17-13(7-20)10(2)12(6-19)16(21)23-17/h3-5H,8H2,1-2H3,(H2,21,23)(H,22,24). The van der Waals surface area contributed by atoms with Gasteiger partial charge >= 0.3 is 0 Å². The molecule has 1 heterocycles. The van der Waals surface area contributed by atoms with Crippen molar-refractivity contribution in [3.63, 3.8) is 0 Å². The molecule has 0 atom stereocenters. The van der Waals surface area contributed by atoms with Gasteiger partial charge in [0.15, 0.2) is 0 Å². The lowest BCUT2D eigenvalue weighted by atomic mass is 10.1. The van der Waals surface area contributed by atoms with Crippen molar-refractivity contribution in [2.24, 2.45) is 0 Å². The van der Waals surface area contributed by atoms with E-state index in [2.05, 4.69) is 10.3 Å². The number of hydrogen-bond acceptors (Lipinski definition) is 6. The summed E-state index contributed by atoms with van der Waals surface area (Å²) in [4.78, 5) is 16.3. The van der Waals surface area contributed by atoms with Crippen molar-refractivity contribution in [3.8, 4) is 12.1 Å². The van der Waals surface area contributed by atoms with Crippen LogP contribution < -0.4 is 11.1 Å². The van der Waals surface area contributed by atoms with Gasteiger partial charge in [0.1, 0.15) is 23.0 Å². The molecule has 0 spiro atoms. The third kappa shape index (κ3) is 4.21. The van der Waals surface area contributed by atoms with Crippen molar-refractivity contribution < 1.29 is 4.79 Å². The minimum Gasteiger partial charge on any atom is -0.383 e. The monoisotopic (exact) mass is 371 g/mol. The Bertz CT molecular complexity index is 930. The van der Waals surface area contributed by atoms with Crippen molar-refractivity contribution >= 4 is 40.8 Å². The largest absolute Gasteiger partial charge is 0.383 e. The quantitative estimate of drug-likeness (QED) is 0.795. The lowest BCUT2D eigenvalue weighted by Gasteiger charge is -2.11. The zero-order valence-corrected chi connectivity index (χ0v) is 15.1. The van der Waals surface area contributed by atoms with Gasteiger partial charge in [0, 0.05) is 10.7 Å². The van der Waals surface area contributed by atoms with E-state index >= 15 is 0 Å². The number of pyridine rings is 1. The maximum absolute atomic E-state index is 12.2. The predicted octanol–water partition coefficient (Wildman–Crippen LogP) is 3.41. The van der Waals surface area contributed by atoms with Crippen LogP contribution in [0.2, 0.25) is 5.02 Å². The summed E-state index contributed by atoms with van der Waals surface area (Å²) in [5, 5.41) is 22.0. The summed E-state index contributed by atoms with van der Waals surface area (Å²) in [6.45, 7) is 3.49. The summed E-state index contributed by atoms with van der Waals surface area (Å²) < 4.78 is 0. The number of halogens is 1. The maximum Gasteiger partial charge on any atom is 0.234 e. The van der Waals surface area contributed by atoms with Gasteiger partial charge in [-0.15, -0.1) is 0 Å². The highest BCUT2D eigenvalue weighted by Gasteiger charge is 2.17. The molecule has 8 heteroatoms. The number of nitrogens with zero attached hydrogens (tertiary/aromatic N) is 3. The SMILES string of the molecule is Cc1ccc(Cl)cc1NC(=O)CSc1nc(N)c(C#N)c(C)c1C#N. The molecule has 6 nitrogen and oxygen atoms in total. The Kier molecular flexibility index (Phi) is 5.87. The number of nitrogens with one attached hydrogen (secondary N) is 1. The van der Waals surface area contributed by atoms with E-state index in [1.54, 1.807) is 19.1 Å². The molecule has 3 N–H and O–H groups in total. The van der Waals surface area contributed by atoms with Crippen molar-refractivity contribution in [1.29, 1.82) is 10.5 Å². The number of thioether (sulfide) groups is 1. The minimum absolute atomic E-state index is 0.0401. The Morgan fingerprint density at radius 1 is 1.32 bits per heavy atom. The lowest BCUT2D eigenvalue weighted by Crippen LogP contribution is -2.15. The van der Waals surface area contributed by atoms with Crippen LogP contribution in [-0.4, -0.2) is 16.6 Å². The summed E-state index contributed by atoms with van der Waals surface area (Å²) in [6, 6.07) is 9.17. The molecular weight excluding hydrogens is 358 g/mol. The summed E-state index contributed by atoms with van der Waals surface area (Å²) in [5.74, 6) is -0.174. The number of aromatic nitrogens is 1. The van der Waals surface area contributed by atoms with Crippen molar-refractivity contribution in [3.05, 3.63) is 45.5 Å². The zero-order chi connectivity index (χ0) is 18.6. The molecule has 2 aromatic rings. The highest BCUT2D eigenvalue weighted by Crippen LogP contribution is 2.28. The van der Waals surface area contributed by atoms with Crippen LogP contribution >= 0.6 is 23.4 Å². The van der Waals surface area contributed by atoms with E-state index in [-0.39, 0.29) is 28.6 Å². The second-order valence-corrected chi connectivity index (χ2v) is 6.60. The molecule has 0 saturated heterocycles. The lowest BCUT2D eigenvalue weighted by molar-refractivity contribution is -0.113. The molecule has 0 bridgehead atoms. The van der Waals surface area contributed by atoms with Crippen LogP contribution in [0.1, 0.15) is 22.3 Å². The van der Waals surface area contributed by atoms with Gasteiger partial charge in [-0.3, -0.25) is 4.79 Å². The zero-order valence-electron chi connectivity index (χ0n) is 13.6.